The van der Waals surface area contributed by atoms with Crippen LogP contribution in [-0.4, -0.2) is 18.6 Å². The minimum absolute atomic E-state index is 0.218. The average molecular weight is 359 g/mol. The second-order valence-electron chi connectivity index (χ2n) is 6.29. The van der Waals surface area contributed by atoms with E-state index >= 15 is 0 Å². The lowest BCUT2D eigenvalue weighted by atomic mass is 10.1. The summed E-state index contributed by atoms with van der Waals surface area (Å²) in [6, 6.07) is 24.6. The van der Waals surface area contributed by atoms with E-state index < -0.39 is 0 Å². The summed E-state index contributed by atoms with van der Waals surface area (Å²) < 4.78 is 18.4. The van der Waals surface area contributed by atoms with Crippen LogP contribution < -0.4 is 4.74 Å². The van der Waals surface area contributed by atoms with Crippen LogP contribution in [0.15, 0.2) is 78.9 Å². The summed E-state index contributed by atoms with van der Waals surface area (Å²) in [7, 11) is 1.66. The Hall–Kier alpha value is -3.09. The van der Waals surface area contributed by atoms with E-state index in [1.807, 2.05) is 54.6 Å². The minimum Gasteiger partial charge on any atom is -0.497 e. The normalized spacial score (nSPS) is 10.3. The van der Waals surface area contributed by atoms with Crippen molar-refractivity contribution in [2.75, 3.05) is 13.7 Å². The van der Waals surface area contributed by atoms with Crippen molar-refractivity contribution in [3.05, 3.63) is 101 Å². The quantitative estimate of drug-likeness (QED) is 0.581. The highest BCUT2D eigenvalue weighted by atomic mass is 19.1. The fraction of sp³-hybridized carbons (Fsp3) is 0.167. The molecule has 0 radical (unpaired) electrons. The molecular weight excluding hydrogens is 337 g/mol. The van der Waals surface area contributed by atoms with E-state index in [9.17, 15) is 4.39 Å². The Labute approximate surface area is 160 Å². The van der Waals surface area contributed by atoms with E-state index in [-0.39, 0.29) is 5.82 Å². The molecule has 136 valence electrons. The molecule has 0 saturated heterocycles. The van der Waals surface area contributed by atoms with Crippen molar-refractivity contribution in [1.29, 1.82) is 0 Å². The summed E-state index contributed by atoms with van der Waals surface area (Å²) in [6.45, 7) is 2.08. The second kappa shape index (κ2) is 9.56. The Morgan fingerprint density at radius 1 is 0.815 bits per heavy atom. The molecule has 2 nitrogen and oxygen atoms in total. The zero-order valence-electron chi connectivity index (χ0n) is 15.4. The summed E-state index contributed by atoms with van der Waals surface area (Å²) >= 11 is 0. The molecule has 27 heavy (non-hydrogen) atoms. The number of ether oxygens (including phenoxy) is 1. The lowest BCUT2D eigenvalue weighted by Gasteiger charge is -2.20. The number of halogens is 1. The second-order valence-corrected chi connectivity index (χ2v) is 6.29. The van der Waals surface area contributed by atoms with Crippen molar-refractivity contribution in [2.24, 2.45) is 0 Å². The van der Waals surface area contributed by atoms with E-state index in [4.69, 9.17) is 4.74 Å². The van der Waals surface area contributed by atoms with Crippen LogP contribution in [0.3, 0.4) is 0 Å². The van der Waals surface area contributed by atoms with Gasteiger partial charge in [0.1, 0.15) is 11.6 Å². The molecule has 0 heterocycles. The molecule has 0 spiro atoms. The summed E-state index contributed by atoms with van der Waals surface area (Å²) in [5, 5.41) is 0. The highest BCUT2D eigenvalue weighted by molar-refractivity contribution is 5.34. The maximum Gasteiger partial charge on any atom is 0.123 e. The van der Waals surface area contributed by atoms with Crippen LogP contribution in [0, 0.1) is 17.7 Å². The van der Waals surface area contributed by atoms with Gasteiger partial charge < -0.3 is 4.74 Å². The van der Waals surface area contributed by atoms with Crippen molar-refractivity contribution in [1.82, 2.24) is 4.90 Å². The summed E-state index contributed by atoms with van der Waals surface area (Å²) in [5.41, 5.74) is 3.24. The van der Waals surface area contributed by atoms with Gasteiger partial charge in [0.25, 0.3) is 0 Å². The van der Waals surface area contributed by atoms with Crippen LogP contribution >= 0.6 is 0 Å². The Kier molecular flexibility index (Phi) is 6.62. The maximum atomic E-state index is 13.2. The first kappa shape index (κ1) is 18.7. The van der Waals surface area contributed by atoms with Gasteiger partial charge in [-0.05, 0) is 47.5 Å². The Balaban J connectivity index is 1.72. The lowest BCUT2D eigenvalue weighted by molar-refractivity contribution is 0.290. The molecule has 3 aromatic rings. The highest BCUT2D eigenvalue weighted by Crippen LogP contribution is 2.15. The number of benzene rings is 3. The molecule has 0 aliphatic carbocycles. The first-order chi connectivity index (χ1) is 13.2. The average Bonchev–Trinajstić information content (AvgIpc) is 2.71. The molecular formula is C24H22FNO. The third-order valence-electron chi connectivity index (χ3n) is 4.19. The number of hydrogen-bond acceptors (Lipinski definition) is 2. The molecule has 3 heteroatoms. The number of rotatable bonds is 6. The van der Waals surface area contributed by atoms with E-state index in [0.717, 1.165) is 23.4 Å². The van der Waals surface area contributed by atoms with E-state index in [1.54, 1.807) is 7.11 Å². The molecule has 0 aliphatic heterocycles. The van der Waals surface area contributed by atoms with Gasteiger partial charge in [0, 0.05) is 18.7 Å². The Bertz CT molecular complexity index is 893. The monoisotopic (exact) mass is 359 g/mol. The predicted octanol–water partition coefficient (Wildman–Crippen LogP) is 4.89. The molecule has 0 fully saturated rings. The smallest absolute Gasteiger partial charge is 0.123 e. The third kappa shape index (κ3) is 5.99. The SMILES string of the molecule is COc1ccc(CN(CC#Cc2ccccc2)Cc2ccc(F)cc2)cc1. The molecule has 0 unspecified atom stereocenters. The Morgan fingerprint density at radius 3 is 2.00 bits per heavy atom. The molecule has 0 aliphatic rings. The third-order valence-corrected chi connectivity index (χ3v) is 4.19. The van der Waals surface area contributed by atoms with Crippen LogP contribution in [0.25, 0.3) is 0 Å². The van der Waals surface area contributed by atoms with Crippen LogP contribution in [0.2, 0.25) is 0 Å². The van der Waals surface area contributed by atoms with Crippen molar-refractivity contribution < 1.29 is 9.13 Å². The highest BCUT2D eigenvalue weighted by Gasteiger charge is 2.07. The Morgan fingerprint density at radius 2 is 1.41 bits per heavy atom. The topological polar surface area (TPSA) is 12.5 Å². The largest absolute Gasteiger partial charge is 0.497 e. The van der Waals surface area contributed by atoms with Crippen LogP contribution in [0.4, 0.5) is 4.39 Å². The number of nitrogens with zero attached hydrogens (tertiary/aromatic N) is 1. The first-order valence-electron chi connectivity index (χ1n) is 8.86. The zero-order valence-corrected chi connectivity index (χ0v) is 15.4. The zero-order chi connectivity index (χ0) is 18.9. The molecule has 3 aromatic carbocycles. The summed E-state index contributed by atoms with van der Waals surface area (Å²) in [6.07, 6.45) is 0. The van der Waals surface area contributed by atoms with E-state index in [0.29, 0.717) is 13.1 Å². The van der Waals surface area contributed by atoms with Crippen LogP contribution in [0.1, 0.15) is 16.7 Å². The molecule has 0 N–H and O–H groups in total. The molecule has 0 atom stereocenters. The van der Waals surface area contributed by atoms with Gasteiger partial charge in [-0.3, -0.25) is 4.90 Å². The fourth-order valence-electron chi connectivity index (χ4n) is 2.78. The number of hydrogen-bond donors (Lipinski definition) is 0. The maximum absolute atomic E-state index is 13.2. The molecule has 3 rings (SSSR count). The van der Waals surface area contributed by atoms with Crippen molar-refractivity contribution in [3.8, 4) is 17.6 Å². The first-order valence-corrected chi connectivity index (χ1v) is 8.86. The van der Waals surface area contributed by atoms with Gasteiger partial charge in [0.15, 0.2) is 0 Å². The van der Waals surface area contributed by atoms with Crippen molar-refractivity contribution in [3.63, 3.8) is 0 Å². The number of methoxy groups -OCH3 is 1. The predicted molar refractivity (Wildman–Crippen MR) is 107 cm³/mol. The van der Waals surface area contributed by atoms with Gasteiger partial charge >= 0.3 is 0 Å². The van der Waals surface area contributed by atoms with Gasteiger partial charge in [-0.15, -0.1) is 0 Å². The van der Waals surface area contributed by atoms with Crippen molar-refractivity contribution in [2.45, 2.75) is 13.1 Å². The molecule has 0 bridgehead atoms. The van der Waals surface area contributed by atoms with Crippen LogP contribution in [0.5, 0.6) is 5.75 Å². The molecule has 0 aromatic heterocycles. The standard InChI is InChI=1S/C24H22FNO/c1-27-24-15-11-22(12-16-24)19-26(18-21-9-13-23(25)14-10-21)17-5-8-20-6-3-2-4-7-20/h2-4,6-7,9-16H,17-19H2,1H3. The minimum atomic E-state index is -0.218. The van der Waals surface area contributed by atoms with Crippen molar-refractivity contribution >= 4 is 0 Å². The summed E-state index contributed by atoms with van der Waals surface area (Å²) in [4.78, 5) is 2.24. The lowest BCUT2D eigenvalue weighted by Crippen LogP contribution is -2.23. The van der Waals surface area contributed by atoms with Gasteiger partial charge in [-0.25, -0.2) is 4.39 Å². The van der Waals surface area contributed by atoms with Gasteiger partial charge in [0.2, 0.25) is 0 Å². The molecule has 0 saturated carbocycles. The summed E-state index contributed by atoms with van der Waals surface area (Å²) in [5.74, 6) is 7.08. The van der Waals surface area contributed by atoms with Gasteiger partial charge in [-0.1, -0.05) is 54.3 Å². The van der Waals surface area contributed by atoms with E-state index in [1.165, 1.54) is 17.7 Å². The fourth-order valence-corrected chi connectivity index (χ4v) is 2.78. The molecule has 0 amide bonds. The van der Waals surface area contributed by atoms with Gasteiger partial charge in [-0.2, -0.15) is 0 Å². The van der Waals surface area contributed by atoms with Gasteiger partial charge in [0.05, 0.1) is 13.7 Å². The van der Waals surface area contributed by atoms with Crippen LogP contribution in [-0.2, 0) is 13.1 Å². The van der Waals surface area contributed by atoms with E-state index in [2.05, 4.69) is 28.9 Å².